The molecule has 0 atom stereocenters. The summed E-state index contributed by atoms with van der Waals surface area (Å²) in [5.74, 6) is 1.07. The van der Waals surface area contributed by atoms with Gasteiger partial charge in [-0.05, 0) is 39.4 Å². The molecule has 2 heterocycles. The summed E-state index contributed by atoms with van der Waals surface area (Å²) in [6.45, 7) is 9.71. The zero-order chi connectivity index (χ0) is 12.6. The summed E-state index contributed by atoms with van der Waals surface area (Å²) in [5, 5.41) is 0. The fraction of sp³-hybridized carbons (Fsp3) is 0.615. The zero-order valence-corrected chi connectivity index (χ0v) is 11.2. The molecule has 0 unspecified atom stereocenters. The van der Waals surface area contributed by atoms with Gasteiger partial charge in [0.25, 0.3) is 0 Å². The molecule has 4 nitrogen and oxygen atoms in total. The molecule has 0 aliphatic carbocycles. The van der Waals surface area contributed by atoms with E-state index in [9.17, 15) is 0 Å². The summed E-state index contributed by atoms with van der Waals surface area (Å²) in [6, 6.07) is 1.99. The van der Waals surface area contributed by atoms with E-state index in [2.05, 4.69) is 42.6 Å². The first-order valence-electron chi connectivity index (χ1n) is 6.08. The maximum atomic E-state index is 5.74. The number of aryl methyl sites for hydroxylation is 1. The molecule has 1 fully saturated rings. The monoisotopic (exact) mass is 234 g/mol. The minimum Gasteiger partial charge on any atom is -0.397 e. The normalized spacial score (nSPS) is 20.6. The molecule has 1 aromatic heterocycles. The van der Waals surface area contributed by atoms with Crippen molar-refractivity contribution in [3.8, 4) is 0 Å². The second kappa shape index (κ2) is 4.18. The van der Waals surface area contributed by atoms with Crippen LogP contribution in [-0.4, -0.2) is 42.1 Å². The van der Waals surface area contributed by atoms with E-state index in [1.807, 2.05) is 6.07 Å². The highest BCUT2D eigenvalue weighted by molar-refractivity contribution is 5.53. The third-order valence-corrected chi connectivity index (χ3v) is 3.69. The number of nitrogens with two attached hydrogens (primary N) is 1. The number of likely N-dealkylation sites (N-methyl/N-ethyl adjacent to an activating group) is 1. The molecule has 1 aliphatic heterocycles. The zero-order valence-electron chi connectivity index (χ0n) is 11.2. The van der Waals surface area contributed by atoms with Gasteiger partial charge in [-0.2, -0.15) is 0 Å². The van der Waals surface area contributed by atoms with Crippen molar-refractivity contribution < 1.29 is 0 Å². The Bertz CT molecular complexity index is 414. The van der Waals surface area contributed by atoms with Gasteiger partial charge in [-0.15, -0.1) is 0 Å². The van der Waals surface area contributed by atoms with Crippen LogP contribution in [0.5, 0.6) is 0 Å². The van der Waals surface area contributed by atoms with Gasteiger partial charge in [-0.1, -0.05) is 0 Å². The lowest BCUT2D eigenvalue weighted by molar-refractivity contribution is 0.138. The largest absolute Gasteiger partial charge is 0.397 e. The van der Waals surface area contributed by atoms with Crippen molar-refractivity contribution in [3.05, 3.63) is 17.8 Å². The summed E-state index contributed by atoms with van der Waals surface area (Å²) >= 11 is 0. The Hall–Kier alpha value is -1.29. The molecular weight excluding hydrogens is 212 g/mol. The highest BCUT2D eigenvalue weighted by Gasteiger charge is 2.31. The standard InChI is InChI=1S/C13H22N4/c1-10-7-11(14)8-15-12(10)17-6-5-16(4)13(2,3)9-17/h7-8H,5-6,9,14H2,1-4H3. The van der Waals surface area contributed by atoms with E-state index < -0.39 is 0 Å². The number of aromatic nitrogens is 1. The molecule has 0 aromatic carbocycles. The van der Waals surface area contributed by atoms with Crippen molar-refractivity contribution in [2.24, 2.45) is 0 Å². The number of nitrogens with zero attached hydrogens (tertiary/aromatic N) is 3. The quantitative estimate of drug-likeness (QED) is 0.800. The summed E-state index contributed by atoms with van der Waals surface area (Å²) in [7, 11) is 2.18. The molecular formula is C13H22N4. The van der Waals surface area contributed by atoms with Gasteiger partial charge >= 0.3 is 0 Å². The number of anilines is 2. The summed E-state index contributed by atoms with van der Waals surface area (Å²) in [4.78, 5) is 9.23. The second-order valence-electron chi connectivity index (χ2n) is 5.56. The van der Waals surface area contributed by atoms with Crippen molar-refractivity contribution in [2.75, 3.05) is 37.3 Å². The molecule has 4 heteroatoms. The Morgan fingerprint density at radius 1 is 1.35 bits per heavy atom. The average Bonchev–Trinajstić information content (AvgIpc) is 2.22. The smallest absolute Gasteiger partial charge is 0.131 e. The van der Waals surface area contributed by atoms with Gasteiger partial charge in [0.2, 0.25) is 0 Å². The Kier molecular flexibility index (Phi) is 3.00. The Morgan fingerprint density at radius 3 is 2.65 bits per heavy atom. The number of hydrogen-bond acceptors (Lipinski definition) is 4. The van der Waals surface area contributed by atoms with Crippen molar-refractivity contribution >= 4 is 11.5 Å². The molecule has 0 radical (unpaired) electrons. The van der Waals surface area contributed by atoms with E-state index in [0.29, 0.717) is 0 Å². The summed E-state index contributed by atoms with van der Waals surface area (Å²) in [6.07, 6.45) is 1.74. The maximum absolute atomic E-state index is 5.74. The van der Waals surface area contributed by atoms with Crippen LogP contribution in [-0.2, 0) is 0 Å². The average molecular weight is 234 g/mol. The van der Waals surface area contributed by atoms with Crippen LogP contribution >= 0.6 is 0 Å². The Balaban J connectivity index is 2.24. The van der Waals surface area contributed by atoms with Gasteiger partial charge in [-0.3, -0.25) is 4.90 Å². The van der Waals surface area contributed by atoms with Crippen LogP contribution < -0.4 is 10.6 Å². The van der Waals surface area contributed by atoms with Crippen LogP contribution in [0, 0.1) is 6.92 Å². The summed E-state index contributed by atoms with van der Waals surface area (Å²) < 4.78 is 0. The van der Waals surface area contributed by atoms with Crippen LogP contribution in [0.4, 0.5) is 11.5 Å². The highest BCUT2D eigenvalue weighted by atomic mass is 15.3. The molecule has 2 N–H and O–H groups in total. The minimum absolute atomic E-state index is 0.188. The maximum Gasteiger partial charge on any atom is 0.131 e. The molecule has 0 bridgehead atoms. The van der Waals surface area contributed by atoms with Gasteiger partial charge < -0.3 is 10.6 Å². The molecule has 1 aliphatic rings. The van der Waals surface area contributed by atoms with Crippen molar-refractivity contribution in [2.45, 2.75) is 26.3 Å². The molecule has 0 saturated carbocycles. The third kappa shape index (κ3) is 2.36. The first kappa shape index (κ1) is 12.2. The van der Waals surface area contributed by atoms with Crippen molar-refractivity contribution in [1.82, 2.24) is 9.88 Å². The van der Waals surface area contributed by atoms with Crippen LogP contribution in [0.3, 0.4) is 0 Å². The molecule has 94 valence electrons. The van der Waals surface area contributed by atoms with Crippen LogP contribution in [0.1, 0.15) is 19.4 Å². The SMILES string of the molecule is Cc1cc(N)cnc1N1CCN(C)C(C)(C)C1. The predicted molar refractivity (Wildman–Crippen MR) is 72.3 cm³/mol. The first-order chi connectivity index (χ1) is 7.90. The number of pyridine rings is 1. The molecule has 0 amide bonds. The molecule has 0 spiro atoms. The first-order valence-corrected chi connectivity index (χ1v) is 6.08. The Morgan fingerprint density at radius 2 is 2.06 bits per heavy atom. The van der Waals surface area contributed by atoms with Crippen LogP contribution in [0.2, 0.25) is 0 Å². The van der Waals surface area contributed by atoms with Gasteiger partial charge in [0.05, 0.1) is 11.9 Å². The predicted octanol–water partition coefficient (Wildman–Crippen LogP) is 1.50. The van der Waals surface area contributed by atoms with Crippen LogP contribution in [0.15, 0.2) is 12.3 Å². The lowest BCUT2D eigenvalue weighted by Gasteiger charge is -2.46. The van der Waals surface area contributed by atoms with Gasteiger partial charge in [-0.25, -0.2) is 4.98 Å². The lowest BCUT2D eigenvalue weighted by Crippen LogP contribution is -2.58. The van der Waals surface area contributed by atoms with E-state index in [4.69, 9.17) is 5.73 Å². The third-order valence-electron chi connectivity index (χ3n) is 3.69. The second-order valence-corrected chi connectivity index (χ2v) is 5.56. The molecule has 1 saturated heterocycles. The van der Waals surface area contributed by atoms with Gasteiger partial charge in [0.1, 0.15) is 5.82 Å². The fourth-order valence-corrected chi connectivity index (χ4v) is 2.34. The number of nitrogen functional groups attached to an aromatic ring is 1. The molecule has 1 aromatic rings. The van der Waals surface area contributed by atoms with E-state index in [1.54, 1.807) is 6.20 Å². The van der Waals surface area contributed by atoms with Gasteiger partial charge in [0, 0.05) is 25.2 Å². The van der Waals surface area contributed by atoms with Gasteiger partial charge in [0.15, 0.2) is 0 Å². The minimum atomic E-state index is 0.188. The van der Waals surface area contributed by atoms with Crippen molar-refractivity contribution in [3.63, 3.8) is 0 Å². The van der Waals surface area contributed by atoms with E-state index in [-0.39, 0.29) is 5.54 Å². The highest BCUT2D eigenvalue weighted by Crippen LogP contribution is 2.25. The fourth-order valence-electron chi connectivity index (χ4n) is 2.34. The van der Waals surface area contributed by atoms with E-state index in [0.717, 1.165) is 36.7 Å². The van der Waals surface area contributed by atoms with E-state index >= 15 is 0 Å². The summed E-state index contributed by atoms with van der Waals surface area (Å²) in [5.41, 5.74) is 7.82. The molecule has 2 rings (SSSR count). The number of rotatable bonds is 1. The molecule has 17 heavy (non-hydrogen) atoms. The van der Waals surface area contributed by atoms with E-state index in [1.165, 1.54) is 0 Å². The number of piperazine rings is 1. The van der Waals surface area contributed by atoms with Crippen LogP contribution in [0.25, 0.3) is 0 Å². The number of hydrogen-bond donors (Lipinski definition) is 1. The van der Waals surface area contributed by atoms with Crippen molar-refractivity contribution in [1.29, 1.82) is 0 Å². The Labute approximate surface area is 103 Å². The topological polar surface area (TPSA) is 45.4 Å². The lowest BCUT2D eigenvalue weighted by atomic mass is 9.99.